The van der Waals surface area contributed by atoms with Gasteiger partial charge in [0, 0.05) is 18.7 Å². The summed E-state index contributed by atoms with van der Waals surface area (Å²) in [6.07, 6.45) is 1.24. The van der Waals surface area contributed by atoms with E-state index in [0.29, 0.717) is 5.92 Å². The van der Waals surface area contributed by atoms with Crippen molar-refractivity contribution in [2.45, 2.75) is 54.1 Å². The largest absolute Gasteiger partial charge is 0.465 e. The van der Waals surface area contributed by atoms with E-state index in [1.54, 1.807) is 0 Å². The number of hydrogen-bond donors (Lipinski definition) is 1. The molecule has 0 aliphatic heterocycles. The Morgan fingerprint density at radius 2 is 2.00 bits per heavy atom. The van der Waals surface area contributed by atoms with Gasteiger partial charge in [0.1, 0.15) is 11.5 Å². The molecule has 0 bridgehead atoms. The van der Waals surface area contributed by atoms with Gasteiger partial charge in [-0.2, -0.15) is 0 Å². The Hall–Kier alpha value is -0.800. The minimum atomic E-state index is 0.673. The van der Waals surface area contributed by atoms with Crippen molar-refractivity contribution in [3.05, 3.63) is 23.2 Å². The highest BCUT2D eigenvalue weighted by Crippen LogP contribution is 2.17. The molecule has 0 aliphatic carbocycles. The highest BCUT2D eigenvalue weighted by atomic mass is 16.3. The zero-order chi connectivity index (χ0) is 15.1. The SMILES string of the molecule is CCC(C)CN(C)Cc1cc(CNCC(C)C)oc1C. The summed E-state index contributed by atoms with van der Waals surface area (Å²) < 4.78 is 5.84. The third kappa shape index (κ3) is 6.10. The Labute approximate surface area is 124 Å². The summed E-state index contributed by atoms with van der Waals surface area (Å²) in [5, 5.41) is 3.43. The van der Waals surface area contributed by atoms with Crippen molar-refractivity contribution in [1.29, 1.82) is 0 Å². The van der Waals surface area contributed by atoms with Gasteiger partial charge in [-0.15, -0.1) is 0 Å². The van der Waals surface area contributed by atoms with Crippen LogP contribution < -0.4 is 5.32 Å². The Bertz CT molecular complexity index is 384. The molecule has 1 rings (SSSR count). The Morgan fingerprint density at radius 3 is 2.60 bits per heavy atom. The summed E-state index contributed by atoms with van der Waals surface area (Å²) in [6.45, 7) is 15.0. The van der Waals surface area contributed by atoms with Crippen LogP contribution in [0.25, 0.3) is 0 Å². The maximum Gasteiger partial charge on any atom is 0.118 e. The Morgan fingerprint density at radius 1 is 1.30 bits per heavy atom. The van der Waals surface area contributed by atoms with Crippen molar-refractivity contribution in [3.8, 4) is 0 Å². The summed E-state index contributed by atoms with van der Waals surface area (Å²) in [6, 6.07) is 2.20. The predicted octanol–water partition coefficient (Wildman–Crippen LogP) is 3.81. The first-order chi connectivity index (χ1) is 9.42. The summed E-state index contributed by atoms with van der Waals surface area (Å²) in [5.41, 5.74) is 1.32. The van der Waals surface area contributed by atoms with Crippen LogP contribution in [0.3, 0.4) is 0 Å². The van der Waals surface area contributed by atoms with Gasteiger partial charge in [0.15, 0.2) is 0 Å². The molecular weight excluding hydrogens is 248 g/mol. The van der Waals surface area contributed by atoms with Gasteiger partial charge in [-0.25, -0.2) is 0 Å². The highest BCUT2D eigenvalue weighted by molar-refractivity contribution is 5.20. The van der Waals surface area contributed by atoms with Crippen LogP contribution in [0.1, 0.15) is 51.2 Å². The molecule has 0 fully saturated rings. The van der Waals surface area contributed by atoms with E-state index in [-0.39, 0.29) is 0 Å². The van der Waals surface area contributed by atoms with E-state index < -0.39 is 0 Å². The van der Waals surface area contributed by atoms with E-state index in [9.17, 15) is 0 Å². The molecule has 1 unspecified atom stereocenters. The Balaban J connectivity index is 2.48. The summed E-state index contributed by atoms with van der Waals surface area (Å²) in [4.78, 5) is 2.39. The molecule has 0 radical (unpaired) electrons. The second-order valence-electron chi connectivity index (χ2n) is 6.53. The Kier molecular flexibility index (Phi) is 7.31. The lowest BCUT2D eigenvalue weighted by atomic mass is 10.1. The van der Waals surface area contributed by atoms with Crippen molar-refractivity contribution < 1.29 is 4.42 Å². The molecule has 20 heavy (non-hydrogen) atoms. The van der Waals surface area contributed by atoms with Gasteiger partial charge in [-0.05, 0) is 38.4 Å². The molecule has 0 spiro atoms. The van der Waals surface area contributed by atoms with Crippen molar-refractivity contribution in [3.63, 3.8) is 0 Å². The number of nitrogens with one attached hydrogen (secondary N) is 1. The first-order valence-corrected chi connectivity index (χ1v) is 7.89. The lowest BCUT2D eigenvalue weighted by Crippen LogP contribution is -2.23. The molecular formula is C17H32N2O. The molecule has 0 aromatic carbocycles. The lowest BCUT2D eigenvalue weighted by molar-refractivity contribution is 0.273. The monoisotopic (exact) mass is 280 g/mol. The molecule has 3 heteroatoms. The van der Waals surface area contributed by atoms with E-state index in [4.69, 9.17) is 4.42 Å². The van der Waals surface area contributed by atoms with Gasteiger partial charge in [0.05, 0.1) is 6.54 Å². The topological polar surface area (TPSA) is 28.4 Å². The smallest absolute Gasteiger partial charge is 0.118 e. The van der Waals surface area contributed by atoms with Crippen molar-refractivity contribution in [2.24, 2.45) is 11.8 Å². The molecule has 0 saturated heterocycles. The zero-order valence-corrected chi connectivity index (χ0v) is 14.1. The fourth-order valence-electron chi connectivity index (χ4n) is 2.33. The van der Waals surface area contributed by atoms with E-state index in [1.807, 2.05) is 0 Å². The average molecular weight is 280 g/mol. The number of furan rings is 1. The van der Waals surface area contributed by atoms with Crippen molar-refractivity contribution in [1.82, 2.24) is 10.2 Å². The van der Waals surface area contributed by atoms with E-state index in [2.05, 4.69) is 57.9 Å². The van der Waals surface area contributed by atoms with Gasteiger partial charge in [-0.3, -0.25) is 0 Å². The molecule has 1 aromatic rings. The highest BCUT2D eigenvalue weighted by Gasteiger charge is 2.11. The van der Waals surface area contributed by atoms with Crippen LogP contribution in [0.5, 0.6) is 0 Å². The van der Waals surface area contributed by atoms with Crippen LogP contribution in [0.4, 0.5) is 0 Å². The number of hydrogen-bond acceptors (Lipinski definition) is 3. The van der Waals surface area contributed by atoms with Gasteiger partial charge in [0.25, 0.3) is 0 Å². The van der Waals surface area contributed by atoms with Gasteiger partial charge in [-0.1, -0.05) is 34.1 Å². The first-order valence-electron chi connectivity index (χ1n) is 7.89. The molecule has 1 atom stereocenters. The maximum atomic E-state index is 5.84. The molecule has 1 heterocycles. The van der Waals surface area contributed by atoms with Crippen LogP contribution in [0.2, 0.25) is 0 Å². The molecule has 0 aliphatic rings. The third-order valence-corrected chi connectivity index (χ3v) is 3.68. The minimum Gasteiger partial charge on any atom is -0.465 e. The third-order valence-electron chi connectivity index (χ3n) is 3.68. The molecule has 0 amide bonds. The summed E-state index contributed by atoms with van der Waals surface area (Å²) >= 11 is 0. The van der Waals surface area contributed by atoms with Crippen molar-refractivity contribution >= 4 is 0 Å². The quantitative estimate of drug-likeness (QED) is 0.745. The van der Waals surface area contributed by atoms with Crippen LogP contribution in [0, 0.1) is 18.8 Å². The zero-order valence-electron chi connectivity index (χ0n) is 14.1. The van der Waals surface area contributed by atoms with Crippen LogP contribution in [0.15, 0.2) is 10.5 Å². The molecule has 1 aromatic heterocycles. The minimum absolute atomic E-state index is 0.673. The van der Waals surface area contributed by atoms with E-state index in [0.717, 1.165) is 43.6 Å². The molecule has 116 valence electrons. The molecule has 0 saturated carbocycles. The van der Waals surface area contributed by atoms with E-state index >= 15 is 0 Å². The number of aryl methyl sites for hydroxylation is 1. The average Bonchev–Trinajstić information content (AvgIpc) is 2.69. The summed E-state index contributed by atoms with van der Waals surface area (Å²) in [5.74, 6) is 3.53. The van der Waals surface area contributed by atoms with Gasteiger partial charge in [0.2, 0.25) is 0 Å². The first kappa shape index (κ1) is 17.3. The van der Waals surface area contributed by atoms with Crippen LogP contribution in [-0.2, 0) is 13.1 Å². The normalized spacial score (nSPS) is 13.4. The van der Waals surface area contributed by atoms with Gasteiger partial charge < -0.3 is 14.6 Å². The molecule has 1 N–H and O–H groups in total. The van der Waals surface area contributed by atoms with Crippen molar-refractivity contribution in [2.75, 3.05) is 20.1 Å². The summed E-state index contributed by atoms with van der Waals surface area (Å²) in [7, 11) is 2.19. The van der Waals surface area contributed by atoms with E-state index in [1.165, 1.54) is 12.0 Å². The fourth-order valence-corrected chi connectivity index (χ4v) is 2.33. The lowest BCUT2D eigenvalue weighted by Gasteiger charge is -2.19. The second kappa shape index (κ2) is 8.48. The molecule has 3 nitrogen and oxygen atoms in total. The van der Waals surface area contributed by atoms with Crippen LogP contribution >= 0.6 is 0 Å². The number of nitrogens with zero attached hydrogens (tertiary/aromatic N) is 1. The fraction of sp³-hybridized carbons (Fsp3) is 0.765. The van der Waals surface area contributed by atoms with Gasteiger partial charge >= 0.3 is 0 Å². The predicted molar refractivity (Wildman–Crippen MR) is 85.8 cm³/mol. The second-order valence-corrected chi connectivity index (χ2v) is 6.53. The standard InChI is InChI=1S/C17H32N2O/c1-7-14(4)11-19(6)12-16-8-17(20-15(16)5)10-18-9-13(2)3/h8,13-14,18H,7,9-12H2,1-6H3. The maximum absolute atomic E-state index is 5.84. The van der Waals surface area contributed by atoms with Crippen LogP contribution in [-0.4, -0.2) is 25.0 Å². The number of rotatable bonds is 9.